The minimum atomic E-state index is -0.997. The van der Waals surface area contributed by atoms with E-state index in [9.17, 15) is 33.6 Å². The van der Waals surface area contributed by atoms with Crippen molar-refractivity contribution in [3.05, 3.63) is 21.8 Å². The molecule has 15 nitrogen and oxygen atoms in total. The van der Waals surface area contributed by atoms with E-state index in [-0.39, 0.29) is 53.3 Å². The van der Waals surface area contributed by atoms with Crippen LogP contribution in [0.3, 0.4) is 0 Å². The van der Waals surface area contributed by atoms with Crippen LogP contribution < -0.4 is 16.0 Å². The van der Waals surface area contributed by atoms with Gasteiger partial charge in [-0.05, 0) is 67.8 Å². The van der Waals surface area contributed by atoms with Crippen LogP contribution in [-0.4, -0.2) is 93.8 Å². The molecule has 3 N–H and O–H groups in total. The maximum Gasteiger partial charge on any atom is 0.303 e. The number of carbonyl (C=O) groups excluding carboxylic acids is 7. The van der Waals surface area contributed by atoms with Crippen LogP contribution in [-0.2, 0) is 47.7 Å². The van der Waals surface area contributed by atoms with E-state index in [0.29, 0.717) is 7.14 Å². The molecule has 2 unspecified atom stereocenters. The Morgan fingerprint density at radius 3 is 1.37 bits per heavy atom. The van der Waals surface area contributed by atoms with Crippen molar-refractivity contribution in [2.24, 2.45) is 0 Å². The fraction of sp³-hybridized carbons (Fsp3) is 0.480. The minimum Gasteiger partial charge on any atom is -0.462 e. The zero-order valence-corrected chi connectivity index (χ0v) is 30.2. The number of rotatable bonds is 15. The quantitative estimate of drug-likeness (QED) is 0.130. The van der Waals surface area contributed by atoms with Gasteiger partial charge in [0.2, 0.25) is 5.91 Å². The smallest absolute Gasteiger partial charge is 0.303 e. The van der Waals surface area contributed by atoms with E-state index in [4.69, 9.17) is 23.7 Å². The van der Waals surface area contributed by atoms with Gasteiger partial charge >= 0.3 is 23.9 Å². The zero-order valence-electron chi connectivity index (χ0n) is 23.7. The van der Waals surface area contributed by atoms with Gasteiger partial charge in [-0.2, -0.15) is 0 Å². The number of methoxy groups -OCH3 is 1. The summed E-state index contributed by atoms with van der Waals surface area (Å²) in [5.74, 6) is -4.46. The Balaban J connectivity index is 3.47. The van der Waals surface area contributed by atoms with Crippen LogP contribution in [0.1, 0.15) is 48.4 Å². The number of benzene rings is 1. The van der Waals surface area contributed by atoms with E-state index in [1.165, 1.54) is 21.0 Å². The largest absolute Gasteiger partial charge is 0.462 e. The second-order valence-corrected chi connectivity index (χ2v) is 11.8. The number of ether oxygens (including phenoxy) is 5. The average Bonchev–Trinajstić information content (AvgIpc) is 2.89. The normalized spacial score (nSPS) is 11.8. The van der Waals surface area contributed by atoms with Crippen LogP contribution in [0.15, 0.2) is 0 Å². The summed E-state index contributed by atoms with van der Waals surface area (Å²) in [5.41, 5.74) is 0.196. The van der Waals surface area contributed by atoms with Crippen LogP contribution in [0.25, 0.3) is 0 Å². The van der Waals surface area contributed by atoms with Crippen molar-refractivity contribution >= 4 is 115 Å². The predicted molar refractivity (Wildman–Crippen MR) is 174 cm³/mol. The Morgan fingerprint density at radius 2 is 1.05 bits per heavy atom. The third-order valence-corrected chi connectivity index (χ3v) is 8.14. The van der Waals surface area contributed by atoms with Gasteiger partial charge in [-0.1, -0.05) is 0 Å². The van der Waals surface area contributed by atoms with Crippen LogP contribution in [0, 0.1) is 10.7 Å². The lowest BCUT2D eigenvalue weighted by atomic mass is 10.1. The van der Waals surface area contributed by atoms with Crippen molar-refractivity contribution in [1.82, 2.24) is 10.6 Å². The molecule has 0 spiro atoms. The lowest BCUT2D eigenvalue weighted by Crippen LogP contribution is -2.40. The van der Waals surface area contributed by atoms with Gasteiger partial charge in [-0.25, -0.2) is 0 Å². The van der Waals surface area contributed by atoms with E-state index >= 15 is 0 Å². The zero-order chi connectivity index (χ0) is 32.9. The summed E-state index contributed by atoms with van der Waals surface area (Å²) in [6.45, 7) is 3.28. The van der Waals surface area contributed by atoms with Gasteiger partial charge in [0, 0.05) is 38.4 Å². The molecule has 0 saturated carbocycles. The standard InChI is InChI=1S/C25H30I3N3O12/c1-11(32)40-8-15(42-13(3)34)6-29-24(37)18-20(26)19(22(28)23(21(18)27)31-17(36)10-39-5)25(38)30-7-16(43-14(4)35)9-41-12(2)33/h15-16H,6-10H2,1-5H3,(H,29,37)(H,30,38)(H,31,36). The van der Waals surface area contributed by atoms with Crippen molar-refractivity contribution in [3.8, 4) is 0 Å². The van der Waals surface area contributed by atoms with Gasteiger partial charge in [0.1, 0.15) is 19.8 Å². The highest BCUT2D eigenvalue weighted by molar-refractivity contribution is 14.1. The van der Waals surface area contributed by atoms with Crippen molar-refractivity contribution < 1.29 is 57.2 Å². The Kier molecular flexibility index (Phi) is 17.2. The number of amides is 3. The molecule has 0 heterocycles. The van der Waals surface area contributed by atoms with E-state index in [0.717, 1.165) is 13.8 Å². The molecule has 0 aliphatic rings. The summed E-state index contributed by atoms with van der Waals surface area (Å²) in [7, 11) is 1.33. The number of carbonyl (C=O) groups is 7. The molecule has 0 saturated heterocycles. The molecule has 2 atom stereocenters. The maximum absolute atomic E-state index is 13.5. The first kappa shape index (κ1) is 38.7. The first-order valence-corrected chi connectivity index (χ1v) is 15.5. The van der Waals surface area contributed by atoms with Crippen molar-refractivity contribution in [2.75, 3.05) is 45.3 Å². The van der Waals surface area contributed by atoms with Gasteiger partial charge in [0.15, 0.2) is 12.2 Å². The second kappa shape index (κ2) is 19.1. The van der Waals surface area contributed by atoms with E-state index in [1.54, 1.807) is 0 Å². The van der Waals surface area contributed by atoms with Crippen LogP contribution in [0.4, 0.5) is 5.69 Å². The summed E-state index contributed by atoms with van der Waals surface area (Å²) < 4.78 is 25.7. The second-order valence-electron chi connectivity index (χ2n) is 8.54. The summed E-state index contributed by atoms with van der Waals surface area (Å²) in [4.78, 5) is 84.8. The highest BCUT2D eigenvalue weighted by atomic mass is 127. The average molecular weight is 945 g/mol. The monoisotopic (exact) mass is 945 g/mol. The highest BCUT2D eigenvalue weighted by Crippen LogP contribution is 2.36. The van der Waals surface area contributed by atoms with Gasteiger partial charge in [0.05, 0.1) is 37.0 Å². The molecule has 0 aliphatic heterocycles. The van der Waals surface area contributed by atoms with Crippen LogP contribution >= 0.6 is 67.8 Å². The number of anilines is 1. The molecule has 238 valence electrons. The Morgan fingerprint density at radius 1 is 0.651 bits per heavy atom. The molecule has 1 aromatic rings. The number of nitrogens with one attached hydrogen (secondary N) is 3. The lowest BCUT2D eigenvalue weighted by molar-refractivity contribution is -0.155. The molecular formula is C25H30I3N3O12. The summed E-state index contributed by atoms with van der Waals surface area (Å²) in [6.07, 6.45) is -1.99. The lowest BCUT2D eigenvalue weighted by Gasteiger charge is -2.22. The Hall–Kier alpha value is -2.34. The number of hydrogen-bond acceptors (Lipinski definition) is 12. The third kappa shape index (κ3) is 13.5. The van der Waals surface area contributed by atoms with Gasteiger partial charge in [0.25, 0.3) is 11.8 Å². The first-order valence-electron chi connectivity index (χ1n) is 12.3. The minimum absolute atomic E-state index is 0.0185. The van der Waals surface area contributed by atoms with E-state index in [2.05, 4.69) is 16.0 Å². The molecule has 0 bridgehead atoms. The number of esters is 4. The summed E-state index contributed by atoms with van der Waals surface area (Å²) in [6, 6.07) is 0. The molecule has 0 aliphatic carbocycles. The van der Waals surface area contributed by atoms with Gasteiger partial charge in [-0.15, -0.1) is 0 Å². The topological polar surface area (TPSA) is 202 Å². The van der Waals surface area contributed by atoms with E-state index < -0.39 is 53.8 Å². The Labute approximate surface area is 287 Å². The Bertz CT molecular complexity index is 1180. The van der Waals surface area contributed by atoms with Gasteiger partial charge < -0.3 is 39.6 Å². The molecule has 0 fully saturated rings. The molecule has 0 aromatic heterocycles. The molecular weight excluding hydrogens is 915 g/mol. The SMILES string of the molecule is COCC(=O)Nc1c(I)c(C(=O)NCC(COC(C)=O)OC(C)=O)c(I)c(C(=O)NCC(COC(C)=O)OC(C)=O)c1I. The van der Waals surface area contributed by atoms with Gasteiger partial charge in [-0.3, -0.25) is 33.6 Å². The van der Waals surface area contributed by atoms with Crippen molar-refractivity contribution in [1.29, 1.82) is 0 Å². The fourth-order valence-electron chi connectivity index (χ4n) is 3.23. The fourth-order valence-corrected chi connectivity index (χ4v) is 7.64. The molecule has 3 amide bonds. The van der Waals surface area contributed by atoms with E-state index in [1.807, 2.05) is 67.8 Å². The predicted octanol–water partition coefficient (Wildman–Crippen LogP) is 1.53. The van der Waals surface area contributed by atoms with Crippen molar-refractivity contribution in [2.45, 2.75) is 39.9 Å². The van der Waals surface area contributed by atoms with Crippen molar-refractivity contribution in [3.63, 3.8) is 0 Å². The molecule has 1 rings (SSSR count). The van der Waals surface area contributed by atoms with Crippen LogP contribution in [0.2, 0.25) is 0 Å². The number of halogens is 3. The van der Waals surface area contributed by atoms with Crippen LogP contribution in [0.5, 0.6) is 0 Å². The molecule has 18 heteroatoms. The molecule has 1 aromatic carbocycles. The number of hydrogen-bond donors (Lipinski definition) is 3. The first-order chi connectivity index (χ1) is 20.1. The maximum atomic E-state index is 13.5. The molecule has 43 heavy (non-hydrogen) atoms. The third-order valence-electron chi connectivity index (χ3n) is 4.90. The highest BCUT2D eigenvalue weighted by Gasteiger charge is 2.30. The summed E-state index contributed by atoms with van der Waals surface area (Å²) >= 11 is 5.53. The summed E-state index contributed by atoms with van der Waals surface area (Å²) in [5, 5.41) is 7.86. The molecule has 0 radical (unpaired) electrons.